The van der Waals surface area contributed by atoms with Crippen LogP contribution in [0.25, 0.3) is 11.3 Å². The molecular weight excluding hydrogens is 392 g/mol. The molecule has 0 fully saturated rings. The van der Waals surface area contributed by atoms with E-state index in [1.807, 2.05) is 74.5 Å². The number of carbonyl (C=O) groups excluding carboxylic acids is 2. The summed E-state index contributed by atoms with van der Waals surface area (Å²) in [6.45, 7) is 3.98. The summed E-state index contributed by atoms with van der Waals surface area (Å²) in [6, 6.07) is 24.2. The van der Waals surface area contributed by atoms with Crippen LogP contribution in [-0.4, -0.2) is 16.7 Å². The molecule has 0 radical (unpaired) electrons. The zero-order chi connectivity index (χ0) is 21.1. The van der Waals surface area contributed by atoms with E-state index < -0.39 is 0 Å². The van der Waals surface area contributed by atoms with Crippen LogP contribution in [0.4, 0.5) is 5.13 Å². The van der Waals surface area contributed by atoms with Gasteiger partial charge in [-0.05, 0) is 37.1 Å². The molecule has 148 valence electrons. The monoisotopic (exact) mass is 412 g/mol. The first kappa shape index (κ1) is 19.7. The molecule has 1 aromatic heterocycles. The van der Waals surface area contributed by atoms with Crippen LogP contribution < -0.4 is 5.32 Å². The molecule has 0 bridgehead atoms. The van der Waals surface area contributed by atoms with Crippen molar-refractivity contribution in [2.24, 2.45) is 0 Å². The average Bonchev–Trinajstić information content (AvgIpc) is 3.20. The molecule has 0 saturated heterocycles. The molecule has 4 aromatic rings. The summed E-state index contributed by atoms with van der Waals surface area (Å²) in [5, 5.41) is 3.26. The predicted molar refractivity (Wildman–Crippen MR) is 121 cm³/mol. The van der Waals surface area contributed by atoms with Crippen molar-refractivity contribution in [3.63, 3.8) is 0 Å². The first-order chi connectivity index (χ1) is 14.5. The number of aromatic nitrogens is 1. The largest absolute Gasteiger partial charge is 0.298 e. The minimum atomic E-state index is -0.245. The average molecular weight is 413 g/mol. The molecular formula is C25H20N2O2S. The maximum atomic E-state index is 13.1. The molecule has 0 atom stereocenters. The summed E-state index contributed by atoms with van der Waals surface area (Å²) in [6.07, 6.45) is 0. The van der Waals surface area contributed by atoms with Gasteiger partial charge in [0.1, 0.15) is 4.88 Å². The highest BCUT2D eigenvalue weighted by molar-refractivity contribution is 7.18. The summed E-state index contributed by atoms with van der Waals surface area (Å²) in [4.78, 5) is 31.0. The molecule has 0 aliphatic heterocycles. The second kappa shape index (κ2) is 8.43. The molecule has 1 N–H and O–H groups in total. The molecule has 4 nitrogen and oxygen atoms in total. The number of aryl methyl sites for hydroxylation is 2. The maximum absolute atomic E-state index is 13.1. The van der Waals surface area contributed by atoms with Crippen LogP contribution in [0.1, 0.15) is 36.7 Å². The lowest BCUT2D eigenvalue weighted by atomic mass is 10.1. The Labute approximate surface area is 179 Å². The molecule has 5 heteroatoms. The molecule has 0 spiro atoms. The first-order valence-electron chi connectivity index (χ1n) is 9.57. The van der Waals surface area contributed by atoms with Crippen molar-refractivity contribution in [1.82, 2.24) is 4.98 Å². The fraction of sp³-hybridized carbons (Fsp3) is 0.0800. The second-order valence-corrected chi connectivity index (χ2v) is 8.01. The number of nitrogens with one attached hydrogen (secondary N) is 1. The van der Waals surface area contributed by atoms with E-state index in [9.17, 15) is 9.59 Å². The number of nitrogens with zero attached hydrogens (tertiary/aromatic N) is 1. The van der Waals surface area contributed by atoms with Gasteiger partial charge in [0.05, 0.1) is 5.69 Å². The van der Waals surface area contributed by atoms with Gasteiger partial charge in [-0.15, -0.1) is 0 Å². The Morgan fingerprint density at radius 3 is 2.13 bits per heavy atom. The van der Waals surface area contributed by atoms with E-state index in [2.05, 4.69) is 10.3 Å². The van der Waals surface area contributed by atoms with Crippen molar-refractivity contribution < 1.29 is 9.59 Å². The maximum Gasteiger partial charge on any atom is 0.257 e. The summed E-state index contributed by atoms with van der Waals surface area (Å²) in [5.41, 5.74) is 4.73. The lowest BCUT2D eigenvalue weighted by Crippen LogP contribution is -2.12. The van der Waals surface area contributed by atoms with Crippen molar-refractivity contribution in [1.29, 1.82) is 0 Å². The van der Waals surface area contributed by atoms with Crippen molar-refractivity contribution in [2.75, 3.05) is 5.32 Å². The number of anilines is 1. The number of amides is 1. The Morgan fingerprint density at radius 1 is 0.800 bits per heavy atom. The van der Waals surface area contributed by atoms with E-state index in [4.69, 9.17) is 0 Å². The normalized spacial score (nSPS) is 10.6. The van der Waals surface area contributed by atoms with Crippen LogP contribution >= 0.6 is 11.3 Å². The van der Waals surface area contributed by atoms with E-state index in [0.29, 0.717) is 26.8 Å². The van der Waals surface area contributed by atoms with Gasteiger partial charge in [0.15, 0.2) is 5.13 Å². The fourth-order valence-corrected chi connectivity index (χ4v) is 4.04. The van der Waals surface area contributed by atoms with Gasteiger partial charge in [-0.25, -0.2) is 4.98 Å². The van der Waals surface area contributed by atoms with Gasteiger partial charge in [0, 0.05) is 16.7 Å². The highest BCUT2D eigenvalue weighted by atomic mass is 32.1. The Kier molecular flexibility index (Phi) is 5.55. The van der Waals surface area contributed by atoms with Crippen LogP contribution in [0, 0.1) is 13.8 Å². The Balaban J connectivity index is 1.71. The van der Waals surface area contributed by atoms with Gasteiger partial charge in [-0.3, -0.25) is 14.9 Å². The van der Waals surface area contributed by atoms with Gasteiger partial charge in [0.25, 0.3) is 5.91 Å². The van der Waals surface area contributed by atoms with Gasteiger partial charge >= 0.3 is 0 Å². The Morgan fingerprint density at radius 2 is 1.47 bits per heavy atom. The topological polar surface area (TPSA) is 59.1 Å². The van der Waals surface area contributed by atoms with Crippen molar-refractivity contribution in [3.8, 4) is 11.3 Å². The van der Waals surface area contributed by atoms with E-state index in [1.54, 1.807) is 18.2 Å². The number of ketones is 1. The third-order valence-corrected chi connectivity index (χ3v) is 5.88. The van der Waals surface area contributed by atoms with E-state index in [1.165, 1.54) is 11.3 Å². The zero-order valence-corrected chi connectivity index (χ0v) is 17.5. The molecule has 30 heavy (non-hydrogen) atoms. The molecule has 4 rings (SSSR count). The SMILES string of the molecule is Cc1ccc(C(=O)Nc2nc(-c3ccccc3)c(C(=O)c3ccccc3)s2)cc1C. The molecule has 0 aliphatic carbocycles. The molecule has 0 unspecified atom stereocenters. The summed E-state index contributed by atoms with van der Waals surface area (Å²) in [5.74, 6) is -0.358. The quantitative estimate of drug-likeness (QED) is 0.415. The smallest absolute Gasteiger partial charge is 0.257 e. The van der Waals surface area contributed by atoms with Crippen molar-refractivity contribution >= 4 is 28.2 Å². The van der Waals surface area contributed by atoms with Crippen LogP contribution in [0.15, 0.2) is 78.9 Å². The minimum absolute atomic E-state index is 0.112. The van der Waals surface area contributed by atoms with Gasteiger partial charge in [0.2, 0.25) is 5.78 Å². The van der Waals surface area contributed by atoms with Gasteiger partial charge in [-0.1, -0.05) is 78.1 Å². The van der Waals surface area contributed by atoms with Crippen LogP contribution in [0.2, 0.25) is 0 Å². The molecule has 0 aliphatic rings. The minimum Gasteiger partial charge on any atom is -0.298 e. The fourth-order valence-electron chi connectivity index (χ4n) is 3.09. The second-order valence-electron chi connectivity index (χ2n) is 7.01. The number of hydrogen-bond acceptors (Lipinski definition) is 4. The standard InChI is InChI=1S/C25H20N2O2S/c1-16-13-14-20(15-17(16)2)24(29)27-25-26-21(18-9-5-3-6-10-18)23(30-25)22(28)19-11-7-4-8-12-19/h3-15H,1-2H3,(H,26,27,29). The third-order valence-electron chi connectivity index (χ3n) is 4.91. The van der Waals surface area contributed by atoms with Crippen LogP contribution in [0.5, 0.6) is 0 Å². The van der Waals surface area contributed by atoms with Crippen LogP contribution in [-0.2, 0) is 0 Å². The molecule has 1 amide bonds. The molecule has 3 aromatic carbocycles. The third kappa shape index (κ3) is 4.07. The van der Waals surface area contributed by atoms with Gasteiger partial charge < -0.3 is 0 Å². The molecule has 0 saturated carbocycles. The van der Waals surface area contributed by atoms with Crippen molar-refractivity contribution in [2.45, 2.75) is 13.8 Å². The zero-order valence-electron chi connectivity index (χ0n) is 16.7. The number of hydrogen-bond donors (Lipinski definition) is 1. The predicted octanol–water partition coefficient (Wildman–Crippen LogP) is 5.91. The van der Waals surface area contributed by atoms with Gasteiger partial charge in [-0.2, -0.15) is 0 Å². The Bertz CT molecular complexity index is 1210. The number of benzene rings is 3. The number of rotatable bonds is 5. The van der Waals surface area contributed by atoms with E-state index in [0.717, 1.165) is 16.7 Å². The highest BCUT2D eigenvalue weighted by Gasteiger charge is 2.22. The summed E-state index contributed by atoms with van der Waals surface area (Å²) < 4.78 is 0. The summed E-state index contributed by atoms with van der Waals surface area (Å²) in [7, 11) is 0. The number of thiazole rings is 1. The summed E-state index contributed by atoms with van der Waals surface area (Å²) >= 11 is 1.20. The molecule has 1 heterocycles. The van der Waals surface area contributed by atoms with E-state index in [-0.39, 0.29) is 11.7 Å². The number of carbonyl (C=O) groups is 2. The Hall–Kier alpha value is -3.57. The van der Waals surface area contributed by atoms with Crippen LogP contribution in [0.3, 0.4) is 0 Å². The van der Waals surface area contributed by atoms with Crippen molar-refractivity contribution in [3.05, 3.63) is 106 Å². The first-order valence-corrected chi connectivity index (χ1v) is 10.4. The highest BCUT2D eigenvalue weighted by Crippen LogP contribution is 2.33. The lowest BCUT2D eigenvalue weighted by molar-refractivity contribution is 0.102. The lowest BCUT2D eigenvalue weighted by Gasteiger charge is -2.04. The van der Waals surface area contributed by atoms with E-state index >= 15 is 0 Å².